The lowest BCUT2D eigenvalue weighted by molar-refractivity contribution is 0.0953. The van der Waals surface area contributed by atoms with E-state index in [0.29, 0.717) is 41.6 Å². The standard InChI is InChI=1S/C24H26N6O3/c1-4-33-22-13-21(19-9-7-15(2)27-24(19)32-3)28-20-12-16(8-10-18(20)22)23(31)25-11-5-6-17-14-26-30-29-17/h7-10,12-14H,4-6,11H2,1-3H3,(H,25,31)(H,26,29,30). The molecule has 2 N–H and O–H groups in total. The lowest BCUT2D eigenvalue weighted by atomic mass is 10.1. The Hall–Kier alpha value is -4.01. The van der Waals surface area contributed by atoms with Crippen LogP contribution in [-0.4, -0.2) is 51.5 Å². The zero-order chi connectivity index (χ0) is 23.2. The molecule has 0 radical (unpaired) electrons. The molecule has 0 aliphatic carbocycles. The maximum atomic E-state index is 12.7. The molecule has 0 atom stereocenters. The van der Waals surface area contributed by atoms with Crippen LogP contribution in [0.4, 0.5) is 0 Å². The van der Waals surface area contributed by atoms with Crippen molar-refractivity contribution in [3.05, 3.63) is 59.5 Å². The number of pyridine rings is 2. The minimum Gasteiger partial charge on any atom is -0.493 e. The number of ether oxygens (including phenoxy) is 2. The van der Waals surface area contributed by atoms with E-state index in [9.17, 15) is 4.79 Å². The summed E-state index contributed by atoms with van der Waals surface area (Å²) in [7, 11) is 1.58. The van der Waals surface area contributed by atoms with Gasteiger partial charge in [0.15, 0.2) is 0 Å². The Kier molecular flexibility index (Phi) is 6.77. The predicted molar refractivity (Wildman–Crippen MR) is 124 cm³/mol. The van der Waals surface area contributed by atoms with Gasteiger partial charge in [-0.1, -0.05) is 5.21 Å². The Morgan fingerprint density at radius 2 is 2.03 bits per heavy atom. The van der Waals surface area contributed by atoms with Crippen LogP contribution in [-0.2, 0) is 6.42 Å². The van der Waals surface area contributed by atoms with Gasteiger partial charge in [-0.05, 0) is 57.0 Å². The minimum atomic E-state index is -0.153. The molecular weight excluding hydrogens is 420 g/mol. The fraction of sp³-hybridized carbons (Fsp3) is 0.292. The third-order valence-corrected chi connectivity index (χ3v) is 5.18. The molecule has 4 aromatic rings. The van der Waals surface area contributed by atoms with Crippen molar-refractivity contribution in [2.75, 3.05) is 20.3 Å². The van der Waals surface area contributed by atoms with Crippen molar-refractivity contribution in [1.29, 1.82) is 0 Å². The van der Waals surface area contributed by atoms with E-state index in [4.69, 9.17) is 14.5 Å². The molecular formula is C24H26N6O3. The van der Waals surface area contributed by atoms with Gasteiger partial charge in [-0.2, -0.15) is 0 Å². The normalized spacial score (nSPS) is 10.9. The first-order valence-corrected chi connectivity index (χ1v) is 10.8. The maximum Gasteiger partial charge on any atom is 0.251 e. The summed E-state index contributed by atoms with van der Waals surface area (Å²) < 4.78 is 11.3. The monoisotopic (exact) mass is 446 g/mol. The maximum absolute atomic E-state index is 12.7. The number of aromatic amines is 1. The van der Waals surface area contributed by atoms with E-state index < -0.39 is 0 Å². The SMILES string of the molecule is CCOc1cc(-c2ccc(C)nc2OC)nc2cc(C(=O)NCCCc3cnn[nH]3)ccc12. The van der Waals surface area contributed by atoms with Crippen molar-refractivity contribution < 1.29 is 14.3 Å². The van der Waals surface area contributed by atoms with Crippen LogP contribution in [0.15, 0.2) is 42.6 Å². The molecule has 0 saturated carbocycles. The Morgan fingerprint density at radius 3 is 2.79 bits per heavy atom. The Bertz CT molecular complexity index is 1260. The van der Waals surface area contributed by atoms with Crippen LogP contribution >= 0.6 is 0 Å². The number of aryl methyl sites for hydroxylation is 2. The van der Waals surface area contributed by atoms with Crippen molar-refractivity contribution in [3.63, 3.8) is 0 Å². The summed E-state index contributed by atoms with van der Waals surface area (Å²) in [6.07, 6.45) is 3.23. The largest absolute Gasteiger partial charge is 0.493 e. The van der Waals surface area contributed by atoms with E-state index in [1.807, 2.05) is 38.1 Å². The average molecular weight is 447 g/mol. The number of hydrogen-bond donors (Lipinski definition) is 2. The van der Waals surface area contributed by atoms with Crippen molar-refractivity contribution in [2.24, 2.45) is 0 Å². The molecule has 1 aromatic carbocycles. The molecule has 0 spiro atoms. The van der Waals surface area contributed by atoms with Crippen molar-refractivity contribution in [2.45, 2.75) is 26.7 Å². The van der Waals surface area contributed by atoms with Crippen molar-refractivity contribution >= 4 is 16.8 Å². The number of H-pyrrole nitrogens is 1. The fourth-order valence-corrected chi connectivity index (χ4v) is 3.56. The molecule has 0 aliphatic heterocycles. The van der Waals surface area contributed by atoms with E-state index in [1.165, 1.54) is 0 Å². The molecule has 170 valence electrons. The van der Waals surface area contributed by atoms with E-state index >= 15 is 0 Å². The molecule has 0 unspecified atom stereocenters. The Morgan fingerprint density at radius 1 is 1.15 bits per heavy atom. The molecule has 1 amide bonds. The van der Waals surface area contributed by atoms with Gasteiger partial charge in [-0.3, -0.25) is 9.89 Å². The van der Waals surface area contributed by atoms with E-state index in [-0.39, 0.29) is 5.91 Å². The van der Waals surface area contributed by atoms with Crippen molar-refractivity contribution in [1.82, 2.24) is 30.7 Å². The number of nitrogens with zero attached hydrogens (tertiary/aromatic N) is 4. The van der Waals surface area contributed by atoms with E-state index in [2.05, 4.69) is 25.7 Å². The summed E-state index contributed by atoms with van der Waals surface area (Å²) in [5.74, 6) is 1.03. The average Bonchev–Trinajstić information content (AvgIpc) is 3.35. The predicted octanol–water partition coefficient (Wildman–Crippen LogP) is 3.49. The number of amides is 1. The van der Waals surface area contributed by atoms with Crippen LogP contribution in [0.1, 0.15) is 35.1 Å². The van der Waals surface area contributed by atoms with Gasteiger partial charge in [-0.15, -0.1) is 5.10 Å². The highest BCUT2D eigenvalue weighted by Gasteiger charge is 2.15. The number of aromatic nitrogens is 5. The molecule has 9 heteroatoms. The van der Waals surface area contributed by atoms with Crippen molar-refractivity contribution in [3.8, 4) is 22.9 Å². The number of rotatable bonds is 9. The highest BCUT2D eigenvalue weighted by Crippen LogP contribution is 2.34. The zero-order valence-electron chi connectivity index (χ0n) is 18.9. The lowest BCUT2D eigenvalue weighted by Crippen LogP contribution is -2.24. The van der Waals surface area contributed by atoms with Crippen LogP contribution in [0.2, 0.25) is 0 Å². The number of benzene rings is 1. The summed E-state index contributed by atoms with van der Waals surface area (Å²) >= 11 is 0. The molecule has 4 rings (SSSR count). The number of methoxy groups -OCH3 is 1. The topological polar surface area (TPSA) is 115 Å². The van der Waals surface area contributed by atoms with E-state index in [0.717, 1.165) is 35.2 Å². The molecule has 0 aliphatic rings. The second kappa shape index (κ2) is 10.1. The fourth-order valence-electron chi connectivity index (χ4n) is 3.56. The van der Waals surface area contributed by atoms with Gasteiger partial charge >= 0.3 is 0 Å². The zero-order valence-corrected chi connectivity index (χ0v) is 18.9. The van der Waals surface area contributed by atoms with Gasteiger partial charge in [0.25, 0.3) is 5.91 Å². The molecule has 33 heavy (non-hydrogen) atoms. The number of hydrogen-bond acceptors (Lipinski definition) is 7. The van der Waals surface area contributed by atoms with Crippen LogP contribution < -0.4 is 14.8 Å². The van der Waals surface area contributed by atoms with Gasteiger partial charge in [0.05, 0.1) is 42.4 Å². The number of fused-ring (bicyclic) bond motifs is 1. The van der Waals surface area contributed by atoms with Crippen LogP contribution in [0.3, 0.4) is 0 Å². The quantitative estimate of drug-likeness (QED) is 0.378. The molecule has 0 saturated heterocycles. The number of carbonyl (C=O) groups excluding carboxylic acids is 1. The first-order valence-electron chi connectivity index (χ1n) is 10.8. The van der Waals surface area contributed by atoms with Gasteiger partial charge < -0.3 is 14.8 Å². The number of nitrogens with one attached hydrogen (secondary N) is 2. The van der Waals surface area contributed by atoms with Crippen LogP contribution in [0, 0.1) is 6.92 Å². The second-order valence-corrected chi connectivity index (χ2v) is 7.52. The van der Waals surface area contributed by atoms with Gasteiger partial charge in [0.1, 0.15) is 5.75 Å². The molecule has 3 aromatic heterocycles. The van der Waals surface area contributed by atoms with E-state index in [1.54, 1.807) is 25.4 Å². The Labute approximate surface area is 191 Å². The highest BCUT2D eigenvalue weighted by atomic mass is 16.5. The third-order valence-electron chi connectivity index (χ3n) is 5.18. The summed E-state index contributed by atoms with van der Waals surface area (Å²) in [4.78, 5) is 22.0. The second-order valence-electron chi connectivity index (χ2n) is 7.52. The minimum absolute atomic E-state index is 0.153. The third kappa shape index (κ3) is 5.08. The molecule has 0 bridgehead atoms. The summed E-state index contributed by atoms with van der Waals surface area (Å²) in [6.45, 7) is 4.89. The molecule has 3 heterocycles. The van der Waals surface area contributed by atoms with Gasteiger partial charge in [0, 0.05) is 29.3 Å². The lowest BCUT2D eigenvalue weighted by Gasteiger charge is -2.13. The summed E-state index contributed by atoms with van der Waals surface area (Å²) in [6, 6.07) is 11.2. The molecule has 9 nitrogen and oxygen atoms in total. The van der Waals surface area contributed by atoms with Gasteiger partial charge in [-0.25, -0.2) is 9.97 Å². The smallest absolute Gasteiger partial charge is 0.251 e. The Balaban J connectivity index is 1.61. The molecule has 0 fully saturated rings. The van der Waals surface area contributed by atoms with Gasteiger partial charge in [0.2, 0.25) is 5.88 Å². The van der Waals surface area contributed by atoms with Crippen LogP contribution in [0.25, 0.3) is 22.2 Å². The summed E-state index contributed by atoms with van der Waals surface area (Å²) in [5, 5.41) is 14.0. The first-order chi connectivity index (χ1) is 16.1. The summed E-state index contributed by atoms with van der Waals surface area (Å²) in [5.41, 5.74) is 4.41. The van der Waals surface area contributed by atoms with Crippen LogP contribution in [0.5, 0.6) is 11.6 Å². The first kappa shape index (κ1) is 22.2. The number of carbonyl (C=O) groups is 1. The highest BCUT2D eigenvalue weighted by molar-refractivity contribution is 5.99.